The van der Waals surface area contributed by atoms with Crippen LogP contribution in [-0.4, -0.2) is 10.9 Å². The van der Waals surface area contributed by atoms with Gasteiger partial charge in [-0.15, -0.1) is 0 Å². The number of rotatable bonds is 1. The van der Waals surface area contributed by atoms with Gasteiger partial charge in [0.15, 0.2) is 0 Å². The first-order valence-corrected chi connectivity index (χ1v) is 5.29. The van der Waals surface area contributed by atoms with Crippen LogP contribution in [0.15, 0.2) is 22.7 Å². The van der Waals surface area contributed by atoms with Gasteiger partial charge in [0.25, 0.3) is 0 Å². The molecule has 0 bridgehead atoms. The third-order valence-electron chi connectivity index (χ3n) is 2.69. The molecule has 15 heavy (non-hydrogen) atoms. The van der Waals surface area contributed by atoms with Crippen LogP contribution in [-0.2, 0) is 10.2 Å². The minimum absolute atomic E-state index is 0.0657. The highest BCUT2D eigenvalue weighted by molar-refractivity contribution is 9.10. The summed E-state index contributed by atoms with van der Waals surface area (Å²) in [6, 6.07) is 7.06. The molecular formula is C11H8BrNO2. The number of hydrogen-bond acceptors (Lipinski definition) is 3. The molecule has 0 aliphatic heterocycles. The van der Waals surface area contributed by atoms with Crippen molar-refractivity contribution >= 4 is 21.7 Å². The topological polar surface area (TPSA) is 61.1 Å². The highest BCUT2D eigenvalue weighted by Crippen LogP contribution is 2.45. The Bertz CT molecular complexity index is 468. The lowest BCUT2D eigenvalue weighted by Crippen LogP contribution is -2.40. The predicted octanol–water partition coefficient (Wildman–Crippen LogP) is 2.28. The number of carbonyl (C=O) groups is 1. The van der Waals surface area contributed by atoms with E-state index in [0.717, 1.165) is 4.47 Å². The summed E-state index contributed by atoms with van der Waals surface area (Å²) in [6.45, 7) is 0. The average Bonchev–Trinajstić information content (AvgIpc) is 2.17. The van der Waals surface area contributed by atoms with Gasteiger partial charge in [0, 0.05) is 22.9 Å². The second-order valence-corrected chi connectivity index (χ2v) is 4.66. The number of halogens is 1. The number of carbonyl (C=O) groups excluding carboxylic acids is 1. The first-order chi connectivity index (χ1) is 7.07. The molecule has 1 aliphatic rings. The molecule has 0 heterocycles. The Morgan fingerprint density at radius 2 is 2.13 bits per heavy atom. The molecule has 1 aromatic rings. The molecule has 76 valence electrons. The van der Waals surface area contributed by atoms with Crippen molar-refractivity contribution < 1.29 is 9.90 Å². The minimum Gasteiger partial charge on any atom is -0.508 e. The van der Waals surface area contributed by atoms with E-state index >= 15 is 0 Å². The summed E-state index contributed by atoms with van der Waals surface area (Å²) >= 11 is 3.28. The molecule has 1 saturated carbocycles. The average molecular weight is 266 g/mol. The quantitative estimate of drug-likeness (QED) is 0.848. The van der Waals surface area contributed by atoms with Gasteiger partial charge in [0.1, 0.15) is 11.5 Å². The highest BCUT2D eigenvalue weighted by atomic mass is 79.9. The molecule has 0 spiro atoms. The number of phenolic OH excluding ortho intramolecular Hbond substituents is 1. The van der Waals surface area contributed by atoms with Crippen LogP contribution >= 0.6 is 15.9 Å². The number of ketones is 1. The summed E-state index contributed by atoms with van der Waals surface area (Å²) in [6.07, 6.45) is 0.404. The predicted molar refractivity (Wildman–Crippen MR) is 57.3 cm³/mol. The summed E-state index contributed by atoms with van der Waals surface area (Å²) < 4.78 is 0.796. The molecular weight excluding hydrogens is 258 g/mol. The fourth-order valence-electron chi connectivity index (χ4n) is 1.84. The summed E-state index contributed by atoms with van der Waals surface area (Å²) in [4.78, 5) is 11.0. The SMILES string of the molecule is N#CC1(c2cc(Br)ccc2O)CC(=O)C1. The number of nitrogens with zero attached hydrogens (tertiary/aromatic N) is 1. The lowest BCUT2D eigenvalue weighted by Gasteiger charge is -2.34. The second kappa shape index (κ2) is 3.35. The normalized spacial score (nSPS) is 18.0. The molecule has 3 nitrogen and oxygen atoms in total. The summed E-state index contributed by atoms with van der Waals surface area (Å²) in [5, 5.41) is 18.8. The molecule has 1 aliphatic carbocycles. The van der Waals surface area contributed by atoms with Crippen LogP contribution < -0.4 is 0 Å². The van der Waals surface area contributed by atoms with Crippen LogP contribution in [0.2, 0.25) is 0 Å². The van der Waals surface area contributed by atoms with Crippen LogP contribution in [0.3, 0.4) is 0 Å². The van der Waals surface area contributed by atoms with Gasteiger partial charge in [-0.3, -0.25) is 4.79 Å². The lowest BCUT2D eigenvalue weighted by atomic mass is 9.64. The van der Waals surface area contributed by atoms with Gasteiger partial charge in [-0.05, 0) is 18.2 Å². The van der Waals surface area contributed by atoms with Gasteiger partial charge in [-0.1, -0.05) is 15.9 Å². The Balaban J connectivity index is 2.49. The largest absolute Gasteiger partial charge is 0.508 e. The summed E-state index contributed by atoms with van der Waals surface area (Å²) in [5.41, 5.74) is -0.274. The van der Waals surface area contributed by atoms with Crippen LogP contribution in [0.5, 0.6) is 5.75 Å². The van der Waals surface area contributed by atoms with Crippen molar-refractivity contribution in [3.8, 4) is 11.8 Å². The zero-order valence-corrected chi connectivity index (χ0v) is 9.41. The van der Waals surface area contributed by atoms with Crippen LogP contribution in [0.4, 0.5) is 0 Å². The van der Waals surface area contributed by atoms with Gasteiger partial charge in [-0.25, -0.2) is 0 Å². The van der Waals surface area contributed by atoms with E-state index in [2.05, 4.69) is 22.0 Å². The molecule has 0 amide bonds. The Labute approximate surface area is 95.5 Å². The van der Waals surface area contributed by atoms with Crippen molar-refractivity contribution in [3.05, 3.63) is 28.2 Å². The molecule has 1 N–H and O–H groups in total. The van der Waals surface area contributed by atoms with Gasteiger partial charge in [0.2, 0.25) is 0 Å². The van der Waals surface area contributed by atoms with Gasteiger partial charge in [0.05, 0.1) is 11.5 Å². The van der Waals surface area contributed by atoms with Crippen LogP contribution in [0, 0.1) is 11.3 Å². The number of benzene rings is 1. The fraction of sp³-hybridized carbons (Fsp3) is 0.273. The molecule has 2 rings (SSSR count). The zero-order valence-electron chi connectivity index (χ0n) is 7.83. The first-order valence-electron chi connectivity index (χ1n) is 4.49. The minimum atomic E-state index is -0.815. The Hall–Kier alpha value is -1.34. The maximum atomic E-state index is 11.0. The van der Waals surface area contributed by atoms with E-state index in [4.69, 9.17) is 5.26 Å². The molecule has 0 atom stereocenters. The number of Topliss-reactive ketones (excluding diaryl/α,β-unsaturated/α-hetero) is 1. The maximum absolute atomic E-state index is 11.0. The van der Waals surface area contributed by atoms with Gasteiger partial charge >= 0.3 is 0 Å². The fourth-order valence-corrected chi connectivity index (χ4v) is 2.20. The van der Waals surface area contributed by atoms with E-state index in [-0.39, 0.29) is 24.4 Å². The van der Waals surface area contributed by atoms with E-state index in [1.807, 2.05) is 0 Å². The zero-order chi connectivity index (χ0) is 11.1. The lowest BCUT2D eigenvalue weighted by molar-refractivity contribution is -0.126. The number of hydrogen-bond donors (Lipinski definition) is 1. The third-order valence-corrected chi connectivity index (χ3v) is 3.18. The molecule has 4 heteroatoms. The highest BCUT2D eigenvalue weighted by Gasteiger charge is 2.47. The maximum Gasteiger partial charge on any atom is 0.136 e. The Morgan fingerprint density at radius 3 is 2.67 bits per heavy atom. The van der Waals surface area contributed by atoms with Crippen LogP contribution in [0.1, 0.15) is 18.4 Å². The van der Waals surface area contributed by atoms with Gasteiger partial charge < -0.3 is 5.11 Å². The molecule has 1 fully saturated rings. The van der Waals surface area contributed by atoms with Crippen molar-refractivity contribution in [2.75, 3.05) is 0 Å². The van der Waals surface area contributed by atoms with E-state index in [0.29, 0.717) is 5.56 Å². The molecule has 0 saturated heterocycles. The van der Waals surface area contributed by atoms with Crippen molar-refractivity contribution in [2.24, 2.45) is 0 Å². The Kier molecular flexibility index (Phi) is 2.28. The van der Waals surface area contributed by atoms with Crippen molar-refractivity contribution in [1.29, 1.82) is 5.26 Å². The number of aromatic hydroxyl groups is 1. The van der Waals surface area contributed by atoms with E-state index in [1.54, 1.807) is 12.1 Å². The second-order valence-electron chi connectivity index (χ2n) is 3.75. The van der Waals surface area contributed by atoms with Crippen molar-refractivity contribution in [3.63, 3.8) is 0 Å². The van der Waals surface area contributed by atoms with E-state index in [1.165, 1.54) is 6.07 Å². The standard InChI is InChI=1S/C11H8BrNO2/c12-7-1-2-10(15)9(3-7)11(6-13)4-8(14)5-11/h1-3,15H,4-5H2. The number of nitriles is 1. The first kappa shape index (κ1) is 10.2. The summed E-state index contributed by atoms with van der Waals surface area (Å²) in [5.74, 6) is 0.142. The van der Waals surface area contributed by atoms with Crippen molar-refractivity contribution in [2.45, 2.75) is 18.3 Å². The van der Waals surface area contributed by atoms with Gasteiger partial charge in [-0.2, -0.15) is 5.26 Å². The van der Waals surface area contributed by atoms with E-state index in [9.17, 15) is 9.90 Å². The molecule has 0 unspecified atom stereocenters. The van der Waals surface area contributed by atoms with E-state index < -0.39 is 5.41 Å². The number of phenols is 1. The third kappa shape index (κ3) is 1.53. The van der Waals surface area contributed by atoms with Crippen molar-refractivity contribution in [1.82, 2.24) is 0 Å². The molecule has 0 radical (unpaired) electrons. The molecule has 1 aromatic carbocycles. The monoisotopic (exact) mass is 265 g/mol. The summed E-state index contributed by atoms with van der Waals surface area (Å²) in [7, 11) is 0. The Morgan fingerprint density at radius 1 is 1.47 bits per heavy atom. The van der Waals surface area contributed by atoms with Crippen LogP contribution in [0.25, 0.3) is 0 Å². The molecule has 0 aromatic heterocycles. The smallest absolute Gasteiger partial charge is 0.136 e.